The Morgan fingerprint density at radius 2 is 1.34 bits per heavy atom. The maximum Gasteiger partial charge on any atom is 0.269 e. The van der Waals surface area contributed by atoms with E-state index < -0.39 is 21.8 Å². The maximum atomic E-state index is 13.8. The van der Waals surface area contributed by atoms with E-state index in [-0.39, 0.29) is 29.2 Å². The molecular formula is C38H51N3O5S. The minimum absolute atomic E-state index is 0.0293. The summed E-state index contributed by atoms with van der Waals surface area (Å²) in [5.41, 5.74) is 2.13. The highest BCUT2D eigenvalue weighted by Crippen LogP contribution is 2.22. The zero-order valence-corrected chi connectivity index (χ0v) is 28.6. The third-order valence-electron chi connectivity index (χ3n) is 8.31. The Morgan fingerprint density at radius 1 is 0.787 bits per heavy atom. The first-order valence-corrected chi connectivity index (χ1v) is 18.5. The molecule has 0 unspecified atom stereocenters. The van der Waals surface area contributed by atoms with E-state index in [1.165, 1.54) is 107 Å². The summed E-state index contributed by atoms with van der Waals surface area (Å²) < 4.78 is 28.5. The van der Waals surface area contributed by atoms with Crippen molar-refractivity contribution in [3.63, 3.8) is 0 Å². The van der Waals surface area contributed by atoms with Crippen LogP contribution in [0.5, 0.6) is 0 Å². The van der Waals surface area contributed by atoms with Crippen molar-refractivity contribution in [3.05, 3.63) is 95.8 Å². The van der Waals surface area contributed by atoms with Crippen LogP contribution < -0.4 is 5.32 Å². The molecule has 3 rings (SSSR count). The highest BCUT2D eigenvalue weighted by Gasteiger charge is 2.30. The molecule has 8 nitrogen and oxygen atoms in total. The Labute approximate surface area is 281 Å². The van der Waals surface area contributed by atoms with E-state index in [0.29, 0.717) is 17.8 Å². The van der Waals surface area contributed by atoms with Gasteiger partial charge in [0.1, 0.15) is 0 Å². The smallest absolute Gasteiger partial charge is 0.269 e. The lowest BCUT2D eigenvalue weighted by Gasteiger charge is -2.23. The van der Waals surface area contributed by atoms with E-state index in [2.05, 4.69) is 23.8 Å². The van der Waals surface area contributed by atoms with Gasteiger partial charge in [-0.25, -0.2) is 12.7 Å². The van der Waals surface area contributed by atoms with E-state index >= 15 is 0 Å². The largest absolute Gasteiger partial charge is 0.390 e. The number of rotatable bonds is 22. The summed E-state index contributed by atoms with van der Waals surface area (Å²) >= 11 is 0. The van der Waals surface area contributed by atoms with Crippen molar-refractivity contribution in [3.8, 4) is 0 Å². The van der Waals surface area contributed by atoms with Gasteiger partial charge in [0.15, 0.2) is 0 Å². The van der Waals surface area contributed by atoms with Crippen LogP contribution in [-0.4, -0.2) is 41.2 Å². The van der Waals surface area contributed by atoms with Gasteiger partial charge in [-0.1, -0.05) is 121 Å². The predicted octanol–water partition coefficient (Wildman–Crippen LogP) is 8.78. The van der Waals surface area contributed by atoms with Gasteiger partial charge in [-0.3, -0.25) is 14.6 Å². The number of para-hydroxylation sites is 1. The van der Waals surface area contributed by atoms with E-state index in [0.717, 1.165) is 29.1 Å². The minimum Gasteiger partial charge on any atom is -0.390 e. The number of carbonyl (C=O) groups is 2. The van der Waals surface area contributed by atoms with Gasteiger partial charge in [-0.2, -0.15) is 0 Å². The van der Waals surface area contributed by atoms with Crippen molar-refractivity contribution in [1.82, 2.24) is 9.29 Å². The van der Waals surface area contributed by atoms with Crippen LogP contribution >= 0.6 is 0 Å². The monoisotopic (exact) mass is 661 g/mol. The first-order valence-electron chi connectivity index (χ1n) is 17.1. The second-order valence-corrected chi connectivity index (χ2v) is 13.8. The van der Waals surface area contributed by atoms with Crippen molar-refractivity contribution in [2.75, 3.05) is 11.9 Å². The molecule has 2 N–H and O–H groups in total. The van der Waals surface area contributed by atoms with Gasteiger partial charge in [0.05, 0.1) is 22.8 Å². The standard InChI is InChI=1S/C38H51N3O5S/c1-3-5-6-7-8-9-10-11-12-13-14-15-16-19-28-41(38(44)33-22-25-34(30-42)39-29-33)47(45,46)35-26-23-32(24-27-35)37(43)40-36-21-18-17-20-31(36)4-2/h4,17-18,20-27,29,42H,2-3,5-16,19,28,30H2,1H3,(H,40,43). The topological polar surface area (TPSA) is 117 Å². The number of pyridine rings is 1. The lowest BCUT2D eigenvalue weighted by atomic mass is 10.0. The van der Waals surface area contributed by atoms with Crippen molar-refractivity contribution in [1.29, 1.82) is 0 Å². The molecule has 0 aliphatic rings. The average Bonchev–Trinajstić information content (AvgIpc) is 3.10. The van der Waals surface area contributed by atoms with Crippen LogP contribution in [-0.2, 0) is 16.6 Å². The predicted molar refractivity (Wildman–Crippen MR) is 190 cm³/mol. The lowest BCUT2D eigenvalue weighted by molar-refractivity contribution is 0.0858. The van der Waals surface area contributed by atoms with Gasteiger partial charge in [-0.15, -0.1) is 0 Å². The number of aliphatic hydroxyl groups excluding tert-OH is 1. The molecule has 3 aromatic rings. The van der Waals surface area contributed by atoms with E-state index in [1.54, 1.807) is 18.2 Å². The van der Waals surface area contributed by atoms with Crippen molar-refractivity contribution < 1.29 is 23.1 Å². The Morgan fingerprint density at radius 3 is 1.87 bits per heavy atom. The number of amides is 2. The second-order valence-electron chi connectivity index (χ2n) is 11.9. The van der Waals surface area contributed by atoms with Crippen LogP contribution in [0.15, 0.2) is 78.3 Å². The number of hydrogen-bond acceptors (Lipinski definition) is 6. The Kier molecular flexibility index (Phi) is 16.4. The molecule has 2 aromatic carbocycles. The van der Waals surface area contributed by atoms with Gasteiger partial charge in [0.25, 0.3) is 21.8 Å². The van der Waals surface area contributed by atoms with Gasteiger partial charge in [-0.05, 0) is 54.4 Å². The van der Waals surface area contributed by atoms with Crippen LogP contribution in [0.2, 0.25) is 0 Å². The molecule has 0 bridgehead atoms. The van der Waals surface area contributed by atoms with E-state index in [4.69, 9.17) is 0 Å². The number of sulfonamides is 1. The molecule has 254 valence electrons. The zero-order valence-electron chi connectivity index (χ0n) is 27.8. The number of carbonyl (C=O) groups excluding carboxylic acids is 2. The first kappa shape index (κ1) is 37.6. The van der Waals surface area contributed by atoms with Gasteiger partial charge in [0, 0.05) is 24.0 Å². The molecule has 0 radical (unpaired) electrons. The molecule has 47 heavy (non-hydrogen) atoms. The molecule has 2 amide bonds. The molecule has 0 spiro atoms. The molecule has 0 saturated heterocycles. The second kappa shape index (κ2) is 20.4. The molecule has 0 saturated carbocycles. The SMILES string of the molecule is C=Cc1ccccc1NC(=O)c1ccc(S(=O)(=O)N(CCCCCCCCCCCCCCCC)C(=O)c2ccc(CO)nc2)cc1. The average molecular weight is 662 g/mol. The molecule has 0 aliphatic carbocycles. The van der Waals surface area contributed by atoms with Crippen LogP contribution in [0.3, 0.4) is 0 Å². The number of nitrogens with zero attached hydrogens (tertiary/aromatic N) is 2. The maximum absolute atomic E-state index is 13.8. The normalized spacial score (nSPS) is 11.3. The van der Waals surface area contributed by atoms with Crippen molar-refractivity contribution >= 4 is 33.6 Å². The van der Waals surface area contributed by atoms with Gasteiger partial charge in [0.2, 0.25) is 0 Å². The fourth-order valence-corrected chi connectivity index (χ4v) is 6.89. The fourth-order valence-electron chi connectivity index (χ4n) is 5.46. The quantitative estimate of drug-likeness (QED) is 0.104. The Balaban J connectivity index is 1.59. The number of aromatic nitrogens is 1. The third-order valence-corrected chi connectivity index (χ3v) is 10.1. The molecule has 0 fully saturated rings. The number of aliphatic hydroxyl groups is 1. The summed E-state index contributed by atoms with van der Waals surface area (Å²) in [6, 6.07) is 15.8. The third kappa shape index (κ3) is 12.0. The fraction of sp³-hybridized carbons (Fsp3) is 0.447. The molecular weight excluding hydrogens is 611 g/mol. The van der Waals surface area contributed by atoms with Crippen LogP contribution in [0, 0.1) is 0 Å². The Bertz CT molecular complexity index is 1510. The summed E-state index contributed by atoms with van der Waals surface area (Å²) in [5, 5.41) is 12.2. The summed E-state index contributed by atoms with van der Waals surface area (Å²) in [4.78, 5) is 30.4. The Hall–Kier alpha value is -3.82. The number of anilines is 1. The van der Waals surface area contributed by atoms with Gasteiger partial charge >= 0.3 is 0 Å². The molecule has 1 aromatic heterocycles. The van der Waals surface area contributed by atoms with E-state index in [1.807, 2.05) is 12.1 Å². The molecule has 1 heterocycles. The van der Waals surface area contributed by atoms with Crippen LogP contribution in [0.1, 0.15) is 129 Å². The first-order chi connectivity index (χ1) is 22.8. The summed E-state index contributed by atoms with van der Waals surface area (Å²) in [6.07, 6.45) is 19.3. The molecule has 0 aliphatic heterocycles. The number of hydrogen-bond donors (Lipinski definition) is 2. The number of unbranched alkanes of at least 4 members (excludes halogenated alkanes) is 13. The van der Waals surface area contributed by atoms with Crippen LogP contribution in [0.4, 0.5) is 5.69 Å². The number of benzene rings is 2. The lowest BCUT2D eigenvalue weighted by Crippen LogP contribution is -2.37. The summed E-state index contributed by atoms with van der Waals surface area (Å²) in [6.45, 7) is 5.75. The summed E-state index contributed by atoms with van der Waals surface area (Å²) in [7, 11) is -4.23. The highest BCUT2D eigenvalue weighted by molar-refractivity contribution is 7.89. The van der Waals surface area contributed by atoms with Crippen molar-refractivity contribution in [2.45, 2.75) is 108 Å². The number of nitrogens with one attached hydrogen (secondary N) is 1. The highest BCUT2D eigenvalue weighted by atomic mass is 32.2. The van der Waals surface area contributed by atoms with Gasteiger partial charge < -0.3 is 10.4 Å². The minimum atomic E-state index is -4.23. The van der Waals surface area contributed by atoms with Crippen molar-refractivity contribution in [2.24, 2.45) is 0 Å². The molecule has 9 heteroatoms. The zero-order chi connectivity index (χ0) is 33.9. The molecule has 0 atom stereocenters. The summed E-state index contributed by atoms with van der Waals surface area (Å²) in [5.74, 6) is -1.08. The van der Waals surface area contributed by atoms with E-state index in [9.17, 15) is 23.1 Å². The van der Waals surface area contributed by atoms with Crippen LogP contribution in [0.25, 0.3) is 6.08 Å².